The van der Waals surface area contributed by atoms with E-state index in [1.807, 2.05) is 63.2 Å². The maximum atomic E-state index is 14.1. The summed E-state index contributed by atoms with van der Waals surface area (Å²) < 4.78 is 0. The lowest BCUT2D eigenvalue weighted by Crippen LogP contribution is -2.56. The zero-order chi connectivity index (χ0) is 22.4. The number of hydrogen-bond donors (Lipinski definition) is 0. The Morgan fingerprint density at radius 3 is 2.53 bits per heavy atom. The lowest BCUT2D eigenvalue weighted by molar-refractivity contribution is -0.137. The summed E-state index contributed by atoms with van der Waals surface area (Å²) in [5, 5.41) is 0. The molecule has 0 saturated carbocycles. The number of carbonyl (C=O) groups is 3. The third kappa shape index (κ3) is 2.11. The quantitative estimate of drug-likeness (QED) is 0.688. The zero-order valence-corrected chi connectivity index (χ0v) is 18.7. The molecule has 0 N–H and O–H groups in total. The fourth-order valence-electron chi connectivity index (χ4n) is 6.77. The van der Waals surface area contributed by atoms with E-state index >= 15 is 0 Å². The monoisotopic (exact) mass is 429 g/mol. The van der Waals surface area contributed by atoms with Crippen molar-refractivity contribution in [3.8, 4) is 0 Å². The van der Waals surface area contributed by atoms with E-state index in [1.165, 1.54) is 4.90 Å². The van der Waals surface area contributed by atoms with Crippen LogP contribution < -0.4 is 9.80 Å². The van der Waals surface area contributed by atoms with Crippen molar-refractivity contribution in [1.82, 2.24) is 4.90 Å². The number of hydrogen-bond acceptors (Lipinski definition) is 4. The minimum Gasteiger partial charge on any atom is -0.310 e. The lowest BCUT2D eigenvalue weighted by atomic mass is 9.75. The molecule has 6 nitrogen and oxygen atoms in total. The Morgan fingerprint density at radius 1 is 1.00 bits per heavy atom. The minimum atomic E-state index is -1.08. The summed E-state index contributed by atoms with van der Waals surface area (Å²) in [4.78, 5) is 47.3. The number of fused-ring (bicyclic) bond motifs is 7. The standard InChI is InChI=1S/C26H27N3O3/c1-4-27-19-9-6-5-8-18(19)26(25(27)32)22-21(20-10-7-13-28(20)26)23(30)29(24(22)31)17-12-11-15(2)16(3)14-17/h5-6,8-9,11-12,14,20-22H,4,7,10,13H2,1-3H3/t20-,21-,22+,26-/m1/s1. The molecule has 2 aromatic rings. The van der Waals surface area contributed by atoms with Crippen molar-refractivity contribution < 1.29 is 14.4 Å². The smallest absolute Gasteiger partial charge is 0.253 e. The molecule has 3 fully saturated rings. The third-order valence-electron chi connectivity index (χ3n) is 8.21. The van der Waals surface area contributed by atoms with Gasteiger partial charge in [0.05, 0.1) is 17.5 Å². The van der Waals surface area contributed by atoms with Gasteiger partial charge in [0, 0.05) is 23.8 Å². The van der Waals surface area contributed by atoms with Gasteiger partial charge in [-0.05, 0) is 69.5 Å². The Morgan fingerprint density at radius 2 is 1.78 bits per heavy atom. The number of nitrogens with zero attached hydrogens (tertiary/aromatic N) is 3. The molecular weight excluding hydrogens is 402 g/mol. The molecule has 3 saturated heterocycles. The number of amides is 3. The van der Waals surface area contributed by atoms with Gasteiger partial charge in [-0.3, -0.25) is 19.3 Å². The van der Waals surface area contributed by atoms with Crippen molar-refractivity contribution in [2.45, 2.75) is 45.2 Å². The summed E-state index contributed by atoms with van der Waals surface area (Å²) in [5.41, 5.74) is 3.44. The number of rotatable bonds is 2. The van der Waals surface area contributed by atoms with E-state index in [0.29, 0.717) is 12.2 Å². The Kier molecular flexibility index (Phi) is 4.01. The van der Waals surface area contributed by atoms with Gasteiger partial charge in [0.1, 0.15) is 5.54 Å². The molecule has 3 amide bonds. The van der Waals surface area contributed by atoms with Crippen molar-refractivity contribution in [3.63, 3.8) is 0 Å². The first-order valence-corrected chi connectivity index (χ1v) is 11.6. The molecule has 0 aromatic heterocycles. The van der Waals surface area contributed by atoms with Crippen LogP contribution in [0.25, 0.3) is 0 Å². The Bertz CT molecular complexity index is 1190. The average Bonchev–Trinajstić information content (AvgIpc) is 3.48. The van der Waals surface area contributed by atoms with E-state index in [0.717, 1.165) is 41.8 Å². The molecule has 2 aromatic carbocycles. The molecule has 0 bridgehead atoms. The largest absolute Gasteiger partial charge is 0.310 e. The second-order valence-corrected chi connectivity index (χ2v) is 9.52. The van der Waals surface area contributed by atoms with Gasteiger partial charge < -0.3 is 4.90 Å². The molecule has 32 heavy (non-hydrogen) atoms. The highest BCUT2D eigenvalue weighted by Crippen LogP contribution is 2.61. The molecule has 164 valence electrons. The summed E-state index contributed by atoms with van der Waals surface area (Å²) in [6, 6.07) is 13.4. The first kappa shape index (κ1) is 19.7. The fourth-order valence-corrected chi connectivity index (χ4v) is 6.77. The SMILES string of the molecule is CCN1C(=O)[C@@]2(c3ccccc31)[C@@H]1C(=O)N(c3ccc(C)c(C)c3)C(=O)[C@@H]1[C@H]1CCCN12. The van der Waals surface area contributed by atoms with Gasteiger partial charge in [-0.15, -0.1) is 0 Å². The molecule has 0 radical (unpaired) electrons. The molecule has 4 aliphatic heterocycles. The first-order valence-electron chi connectivity index (χ1n) is 11.6. The number of para-hydroxylation sites is 1. The van der Waals surface area contributed by atoms with Crippen LogP contribution in [0.2, 0.25) is 0 Å². The summed E-state index contributed by atoms with van der Waals surface area (Å²) in [6.45, 7) is 7.24. The van der Waals surface area contributed by atoms with E-state index in [-0.39, 0.29) is 23.8 Å². The maximum Gasteiger partial charge on any atom is 0.253 e. The van der Waals surface area contributed by atoms with Gasteiger partial charge in [0.15, 0.2) is 0 Å². The van der Waals surface area contributed by atoms with E-state index in [9.17, 15) is 14.4 Å². The van der Waals surface area contributed by atoms with Crippen LogP contribution >= 0.6 is 0 Å². The molecule has 1 spiro atoms. The molecular formula is C26H27N3O3. The Balaban J connectivity index is 1.56. The number of anilines is 2. The Hall–Kier alpha value is -2.99. The fraction of sp³-hybridized carbons (Fsp3) is 0.423. The van der Waals surface area contributed by atoms with Gasteiger partial charge in [0.2, 0.25) is 11.8 Å². The van der Waals surface area contributed by atoms with Crippen LogP contribution in [-0.4, -0.2) is 41.8 Å². The predicted molar refractivity (Wildman–Crippen MR) is 121 cm³/mol. The summed E-state index contributed by atoms with van der Waals surface area (Å²) in [6.07, 6.45) is 1.77. The van der Waals surface area contributed by atoms with Crippen molar-refractivity contribution >= 4 is 29.1 Å². The minimum absolute atomic E-state index is 0.0521. The van der Waals surface area contributed by atoms with E-state index < -0.39 is 17.4 Å². The molecule has 4 aliphatic rings. The average molecular weight is 430 g/mol. The van der Waals surface area contributed by atoms with Gasteiger partial charge in [0.25, 0.3) is 5.91 Å². The molecule has 4 heterocycles. The van der Waals surface area contributed by atoms with Crippen molar-refractivity contribution in [1.29, 1.82) is 0 Å². The van der Waals surface area contributed by atoms with Gasteiger partial charge >= 0.3 is 0 Å². The van der Waals surface area contributed by atoms with Crippen LogP contribution in [0, 0.1) is 25.7 Å². The van der Waals surface area contributed by atoms with Crippen LogP contribution in [0.3, 0.4) is 0 Å². The number of likely N-dealkylation sites (N-methyl/N-ethyl adjacent to an activating group) is 1. The van der Waals surface area contributed by atoms with E-state index in [4.69, 9.17) is 0 Å². The maximum absolute atomic E-state index is 14.1. The molecule has 4 atom stereocenters. The number of carbonyl (C=O) groups excluding carboxylic acids is 3. The van der Waals surface area contributed by atoms with Crippen LogP contribution in [0.15, 0.2) is 42.5 Å². The summed E-state index contributed by atoms with van der Waals surface area (Å²) >= 11 is 0. The summed E-state index contributed by atoms with van der Waals surface area (Å²) in [7, 11) is 0. The number of imide groups is 1. The zero-order valence-electron chi connectivity index (χ0n) is 18.7. The highest BCUT2D eigenvalue weighted by atomic mass is 16.2. The highest BCUT2D eigenvalue weighted by Gasteiger charge is 2.75. The lowest BCUT2D eigenvalue weighted by Gasteiger charge is -2.37. The van der Waals surface area contributed by atoms with E-state index in [1.54, 1.807) is 4.90 Å². The summed E-state index contributed by atoms with van der Waals surface area (Å²) in [5.74, 6) is -1.62. The second-order valence-electron chi connectivity index (χ2n) is 9.52. The van der Waals surface area contributed by atoms with Crippen LogP contribution in [0.1, 0.15) is 36.5 Å². The van der Waals surface area contributed by atoms with E-state index in [2.05, 4.69) is 4.90 Å². The molecule has 6 heteroatoms. The number of benzene rings is 2. The second kappa shape index (κ2) is 6.51. The van der Waals surface area contributed by atoms with Crippen LogP contribution in [0.4, 0.5) is 11.4 Å². The number of aryl methyl sites for hydroxylation is 2. The van der Waals surface area contributed by atoms with Crippen molar-refractivity contribution in [3.05, 3.63) is 59.2 Å². The molecule has 0 aliphatic carbocycles. The van der Waals surface area contributed by atoms with Crippen LogP contribution in [-0.2, 0) is 19.9 Å². The van der Waals surface area contributed by atoms with Gasteiger partial charge in [-0.2, -0.15) is 0 Å². The van der Waals surface area contributed by atoms with Crippen LogP contribution in [0.5, 0.6) is 0 Å². The first-order chi connectivity index (χ1) is 15.4. The highest BCUT2D eigenvalue weighted by molar-refractivity contribution is 6.26. The van der Waals surface area contributed by atoms with Crippen molar-refractivity contribution in [2.75, 3.05) is 22.9 Å². The topological polar surface area (TPSA) is 60.9 Å². The third-order valence-corrected chi connectivity index (χ3v) is 8.21. The van der Waals surface area contributed by atoms with Gasteiger partial charge in [-0.25, -0.2) is 4.90 Å². The Labute approximate surface area is 187 Å². The van der Waals surface area contributed by atoms with Gasteiger partial charge in [-0.1, -0.05) is 24.3 Å². The van der Waals surface area contributed by atoms with Crippen molar-refractivity contribution in [2.24, 2.45) is 11.8 Å². The predicted octanol–water partition coefficient (Wildman–Crippen LogP) is 3.15. The molecule has 6 rings (SSSR count). The molecule has 0 unspecified atom stereocenters. The normalized spacial score (nSPS) is 31.1.